The molecule has 1 heterocycles. The Morgan fingerprint density at radius 2 is 1.66 bits per heavy atom. The van der Waals surface area contributed by atoms with Crippen LogP contribution in [0.3, 0.4) is 0 Å². The summed E-state index contributed by atoms with van der Waals surface area (Å²) < 4.78 is 0.965. The number of aromatic hydroxyl groups is 1. The van der Waals surface area contributed by atoms with Gasteiger partial charge in [-0.05, 0) is 42.0 Å². The molecule has 0 unspecified atom stereocenters. The van der Waals surface area contributed by atoms with Crippen molar-refractivity contribution in [3.8, 4) is 17.0 Å². The Kier molecular flexibility index (Phi) is 5.29. The highest BCUT2D eigenvalue weighted by Crippen LogP contribution is 2.30. The molecule has 32 heavy (non-hydrogen) atoms. The number of aromatic nitrogens is 2. The van der Waals surface area contributed by atoms with E-state index in [1.54, 1.807) is 6.07 Å². The van der Waals surface area contributed by atoms with Crippen LogP contribution in [0.1, 0.15) is 12.5 Å². The number of nitrogens with zero attached hydrogens (tertiary/aromatic N) is 3. The number of hydrazone groups is 1. The molecule has 2 N–H and O–H groups in total. The van der Waals surface area contributed by atoms with Gasteiger partial charge >= 0.3 is 0 Å². The predicted octanol–water partition coefficient (Wildman–Crippen LogP) is 6.75. The Balaban J connectivity index is 1.59. The SMILES string of the molecule is C/C(=N\Nc1nc(-c2ccccc2)c2cc(Br)ccc2n1)c1c(O)ccc2ccccc12. The van der Waals surface area contributed by atoms with E-state index in [2.05, 4.69) is 31.4 Å². The number of phenols is 1. The lowest BCUT2D eigenvalue weighted by atomic mass is 10.0. The topological polar surface area (TPSA) is 70.4 Å². The van der Waals surface area contributed by atoms with Crippen LogP contribution in [-0.2, 0) is 0 Å². The van der Waals surface area contributed by atoms with Crippen molar-refractivity contribution in [1.29, 1.82) is 0 Å². The van der Waals surface area contributed by atoms with E-state index >= 15 is 0 Å². The highest BCUT2D eigenvalue weighted by molar-refractivity contribution is 9.10. The fourth-order valence-electron chi connectivity index (χ4n) is 3.80. The summed E-state index contributed by atoms with van der Waals surface area (Å²) >= 11 is 3.54. The van der Waals surface area contributed by atoms with Crippen molar-refractivity contribution in [2.24, 2.45) is 5.10 Å². The van der Waals surface area contributed by atoms with E-state index in [4.69, 9.17) is 4.98 Å². The second-order valence-corrected chi connectivity index (χ2v) is 8.33. The molecule has 0 spiro atoms. The number of hydrogen-bond acceptors (Lipinski definition) is 5. The highest BCUT2D eigenvalue weighted by atomic mass is 79.9. The lowest BCUT2D eigenvalue weighted by Crippen LogP contribution is -2.04. The van der Waals surface area contributed by atoms with E-state index in [9.17, 15) is 5.11 Å². The van der Waals surface area contributed by atoms with Gasteiger partial charge in [0.1, 0.15) is 5.75 Å². The van der Waals surface area contributed by atoms with Crippen LogP contribution in [-0.4, -0.2) is 20.8 Å². The van der Waals surface area contributed by atoms with Gasteiger partial charge in [0.15, 0.2) is 0 Å². The molecule has 0 amide bonds. The molecule has 5 nitrogen and oxygen atoms in total. The van der Waals surface area contributed by atoms with Crippen LogP contribution in [0.15, 0.2) is 94.5 Å². The van der Waals surface area contributed by atoms with Crippen LogP contribution in [0.4, 0.5) is 5.95 Å². The maximum absolute atomic E-state index is 10.5. The molecule has 0 aliphatic carbocycles. The van der Waals surface area contributed by atoms with E-state index in [0.29, 0.717) is 17.2 Å². The van der Waals surface area contributed by atoms with Crippen molar-refractivity contribution in [1.82, 2.24) is 9.97 Å². The van der Waals surface area contributed by atoms with Crippen LogP contribution in [0.25, 0.3) is 32.9 Å². The van der Waals surface area contributed by atoms with Crippen molar-refractivity contribution >= 4 is 49.3 Å². The van der Waals surface area contributed by atoms with Gasteiger partial charge in [-0.25, -0.2) is 15.4 Å². The minimum absolute atomic E-state index is 0.181. The summed E-state index contributed by atoms with van der Waals surface area (Å²) in [5.74, 6) is 0.568. The van der Waals surface area contributed by atoms with Crippen LogP contribution < -0.4 is 5.43 Å². The van der Waals surface area contributed by atoms with E-state index in [1.165, 1.54) is 0 Å². The summed E-state index contributed by atoms with van der Waals surface area (Å²) in [6.45, 7) is 1.85. The monoisotopic (exact) mass is 482 g/mol. The number of nitrogens with one attached hydrogen (secondary N) is 1. The van der Waals surface area contributed by atoms with E-state index < -0.39 is 0 Å². The molecule has 0 radical (unpaired) electrons. The lowest BCUT2D eigenvalue weighted by molar-refractivity contribution is 0.475. The zero-order valence-corrected chi connectivity index (χ0v) is 18.8. The Morgan fingerprint density at radius 3 is 2.50 bits per heavy atom. The highest BCUT2D eigenvalue weighted by Gasteiger charge is 2.12. The normalized spacial score (nSPS) is 11.8. The molecule has 1 aromatic heterocycles. The summed E-state index contributed by atoms with van der Waals surface area (Å²) in [6, 6.07) is 27.4. The van der Waals surface area contributed by atoms with Gasteiger partial charge in [0, 0.05) is 21.0 Å². The van der Waals surface area contributed by atoms with Crippen molar-refractivity contribution in [3.05, 3.63) is 95.0 Å². The third-order valence-corrected chi connectivity index (χ3v) is 5.79. The van der Waals surface area contributed by atoms with E-state index in [0.717, 1.165) is 37.4 Å². The predicted molar refractivity (Wildman–Crippen MR) is 134 cm³/mol. The van der Waals surface area contributed by atoms with Gasteiger partial charge in [-0.3, -0.25) is 0 Å². The average Bonchev–Trinajstić information content (AvgIpc) is 2.82. The van der Waals surface area contributed by atoms with E-state index in [1.807, 2.05) is 85.8 Å². The Bertz CT molecular complexity index is 1480. The number of fused-ring (bicyclic) bond motifs is 2. The molecule has 0 saturated carbocycles. The standard InChI is InChI=1S/C26H19BrN4O/c1-16(24-20-10-6-5-7-17(20)11-14-23(24)32)30-31-26-28-22-13-12-19(27)15-21(22)25(29-26)18-8-3-2-4-9-18/h2-15,32H,1H3,(H,28,29,31)/b30-16+. The average molecular weight is 483 g/mol. The zero-order chi connectivity index (χ0) is 22.1. The number of phenolic OH excluding ortho intramolecular Hbond substituents is 1. The van der Waals surface area contributed by atoms with E-state index in [-0.39, 0.29) is 5.75 Å². The molecule has 0 aliphatic rings. The minimum atomic E-state index is 0.181. The molecular weight excluding hydrogens is 464 g/mol. The number of benzene rings is 4. The fourth-order valence-corrected chi connectivity index (χ4v) is 4.16. The molecule has 0 fully saturated rings. The van der Waals surface area contributed by atoms with Crippen molar-refractivity contribution < 1.29 is 5.11 Å². The largest absolute Gasteiger partial charge is 0.507 e. The van der Waals surface area contributed by atoms with Crippen LogP contribution in [0, 0.1) is 0 Å². The van der Waals surface area contributed by atoms with Crippen molar-refractivity contribution in [3.63, 3.8) is 0 Å². The number of hydrogen-bond donors (Lipinski definition) is 2. The molecule has 0 saturated heterocycles. The third-order valence-electron chi connectivity index (χ3n) is 5.30. The van der Waals surface area contributed by atoms with Crippen LogP contribution >= 0.6 is 15.9 Å². The zero-order valence-electron chi connectivity index (χ0n) is 17.2. The number of rotatable bonds is 4. The summed E-state index contributed by atoms with van der Waals surface area (Å²) in [6.07, 6.45) is 0. The molecule has 5 rings (SSSR count). The lowest BCUT2D eigenvalue weighted by Gasteiger charge is -2.11. The van der Waals surface area contributed by atoms with Crippen molar-refractivity contribution in [2.75, 3.05) is 5.43 Å². The summed E-state index contributed by atoms with van der Waals surface area (Å²) in [7, 11) is 0. The first kappa shape index (κ1) is 20.2. The first-order chi connectivity index (χ1) is 15.6. The Morgan fingerprint density at radius 1 is 0.875 bits per heavy atom. The maximum atomic E-state index is 10.5. The molecule has 0 aliphatic heterocycles. The molecule has 5 aromatic rings. The molecule has 4 aromatic carbocycles. The van der Waals surface area contributed by atoms with Crippen LogP contribution in [0.2, 0.25) is 0 Å². The van der Waals surface area contributed by atoms with Crippen molar-refractivity contribution in [2.45, 2.75) is 6.92 Å². The van der Waals surface area contributed by atoms with Gasteiger partial charge in [-0.15, -0.1) is 0 Å². The Hall–Kier alpha value is -3.77. The smallest absolute Gasteiger partial charge is 0.244 e. The van der Waals surface area contributed by atoms with Gasteiger partial charge in [-0.1, -0.05) is 76.6 Å². The maximum Gasteiger partial charge on any atom is 0.244 e. The fraction of sp³-hybridized carbons (Fsp3) is 0.0385. The molecule has 6 heteroatoms. The molecular formula is C26H19BrN4O. The molecule has 0 atom stereocenters. The first-order valence-corrected chi connectivity index (χ1v) is 10.9. The van der Waals surface area contributed by atoms with Gasteiger partial charge in [0.25, 0.3) is 0 Å². The van der Waals surface area contributed by atoms with Gasteiger partial charge < -0.3 is 5.11 Å². The minimum Gasteiger partial charge on any atom is -0.507 e. The molecule has 0 bridgehead atoms. The Labute approximate surface area is 193 Å². The quantitative estimate of drug-likeness (QED) is 0.219. The number of anilines is 1. The summed E-state index contributed by atoms with van der Waals surface area (Å²) in [4.78, 5) is 9.39. The van der Waals surface area contributed by atoms with Crippen LogP contribution in [0.5, 0.6) is 5.75 Å². The van der Waals surface area contributed by atoms with Gasteiger partial charge in [0.05, 0.1) is 16.9 Å². The second kappa shape index (κ2) is 8.40. The van der Waals surface area contributed by atoms with Gasteiger partial charge in [-0.2, -0.15) is 5.10 Å². The summed E-state index contributed by atoms with van der Waals surface area (Å²) in [5.41, 5.74) is 6.94. The third kappa shape index (κ3) is 3.81. The second-order valence-electron chi connectivity index (χ2n) is 7.41. The first-order valence-electron chi connectivity index (χ1n) is 10.1. The van der Waals surface area contributed by atoms with Gasteiger partial charge in [0.2, 0.25) is 5.95 Å². The molecule has 156 valence electrons. The number of halogens is 1. The summed E-state index contributed by atoms with van der Waals surface area (Å²) in [5, 5.41) is 17.9.